The molecular weight excluding hydrogens is 348 g/mol. The zero-order valence-electron chi connectivity index (χ0n) is 16.2. The molecule has 0 spiro atoms. The van der Waals surface area contributed by atoms with Crippen molar-refractivity contribution in [3.05, 3.63) is 77.7 Å². The third-order valence-corrected chi connectivity index (χ3v) is 4.26. The Labute approximate surface area is 165 Å². The average molecular weight is 370 g/mol. The van der Waals surface area contributed by atoms with Crippen LogP contribution < -0.4 is 10.6 Å². The highest BCUT2D eigenvalue weighted by Crippen LogP contribution is 2.22. The van der Waals surface area contributed by atoms with Crippen LogP contribution in [0.25, 0.3) is 11.1 Å². The first-order valence-corrected chi connectivity index (χ1v) is 9.05. The van der Waals surface area contributed by atoms with E-state index in [2.05, 4.69) is 32.4 Å². The zero-order chi connectivity index (χ0) is 19.9. The molecule has 0 bridgehead atoms. The van der Waals surface area contributed by atoms with Gasteiger partial charge >= 0.3 is 0 Å². The van der Waals surface area contributed by atoms with Gasteiger partial charge in [0, 0.05) is 23.0 Å². The number of nitrogens with one attached hydrogen (secondary N) is 2. The lowest BCUT2D eigenvalue weighted by Crippen LogP contribution is -2.35. The molecule has 2 heterocycles. The van der Waals surface area contributed by atoms with Gasteiger partial charge < -0.3 is 10.6 Å². The van der Waals surface area contributed by atoms with Crippen molar-refractivity contribution in [3.8, 4) is 23.0 Å². The Morgan fingerprint density at radius 3 is 2.50 bits per heavy atom. The van der Waals surface area contributed by atoms with E-state index in [4.69, 9.17) is 0 Å². The number of carbonyl (C=O) groups is 1. The van der Waals surface area contributed by atoms with Crippen molar-refractivity contribution in [2.24, 2.45) is 0 Å². The molecule has 0 saturated carbocycles. The van der Waals surface area contributed by atoms with Gasteiger partial charge in [0.2, 0.25) is 5.91 Å². The minimum atomic E-state index is -0.328. The average Bonchev–Trinajstić information content (AvgIpc) is 2.72. The maximum atomic E-state index is 12.3. The van der Waals surface area contributed by atoms with Crippen LogP contribution in [-0.4, -0.2) is 29.0 Å². The normalized spacial score (nSPS) is 11.2. The topological polar surface area (TPSA) is 66.9 Å². The number of aromatic nitrogens is 2. The molecule has 3 aromatic rings. The standard InChI is InChI=1S/C23H22N4O/c1-16-9-11-19(15-25-16)20-13-21(12-10-18-7-5-4-6-8-18)26-22(14-20)27-23(28)17(2)24-3/h4-9,11,13-15,17,24H,1-3H3,(H,26,27,28). The van der Waals surface area contributed by atoms with Crippen LogP contribution in [0.4, 0.5) is 5.82 Å². The summed E-state index contributed by atoms with van der Waals surface area (Å²) in [4.78, 5) is 21.1. The van der Waals surface area contributed by atoms with E-state index in [0.29, 0.717) is 11.5 Å². The number of benzene rings is 1. The van der Waals surface area contributed by atoms with Crippen LogP contribution in [0.2, 0.25) is 0 Å². The molecule has 5 nitrogen and oxygen atoms in total. The number of rotatable bonds is 4. The first kappa shape index (κ1) is 19.3. The minimum absolute atomic E-state index is 0.156. The molecule has 28 heavy (non-hydrogen) atoms. The molecule has 0 saturated heterocycles. The van der Waals surface area contributed by atoms with Crippen molar-refractivity contribution in [3.63, 3.8) is 0 Å². The van der Waals surface area contributed by atoms with Crippen LogP contribution in [0.1, 0.15) is 23.9 Å². The predicted octanol–water partition coefficient (Wildman–Crippen LogP) is 3.40. The number of hydrogen-bond donors (Lipinski definition) is 2. The summed E-state index contributed by atoms with van der Waals surface area (Å²) in [6, 6.07) is 17.1. The number of aryl methyl sites for hydroxylation is 1. The van der Waals surface area contributed by atoms with E-state index in [1.165, 1.54) is 0 Å². The molecule has 2 N–H and O–H groups in total. The molecule has 1 aromatic carbocycles. The van der Waals surface area contributed by atoms with Crippen LogP contribution in [0.3, 0.4) is 0 Å². The fraction of sp³-hybridized carbons (Fsp3) is 0.174. The lowest BCUT2D eigenvalue weighted by molar-refractivity contribution is -0.117. The Bertz CT molecular complexity index is 1020. The van der Waals surface area contributed by atoms with Gasteiger partial charge in [-0.2, -0.15) is 0 Å². The lowest BCUT2D eigenvalue weighted by Gasteiger charge is -2.12. The quantitative estimate of drug-likeness (QED) is 0.691. The molecule has 2 aromatic heterocycles. The monoisotopic (exact) mass is 370 g/mol. The molecule has 0 aliphatic heterocycles. The highest BCUT2D eigenvalue weighted by molar-refractivity contribution is 5.94. The van der Waals surface area contributed by atoms with Gasteiger partial charge in [0.25, 0.3) is 0 Å². The highest BCUT2D eigenvalue weighted by atomic mass is 16.2. The number of pyridine rings is 2. The first-order valence-electron chi connectivity index (χ1n) is 9.05. The van der Waals surface area contributed by atoms with Gasteiger partial charge in [-0.25, -0.2) is 4.98 Å². The van der Waals surface area contributed by atoms with Crippen LogP contribution in [0, 0.1) is 18.8 Å². The zero-order valence-corrected chi connectivity index (χ0v) is 16.2. The van der Waals surface area contributed by atoms with Gasteiger partial charge in [-0.3, -0.25) is 9.78 Å². The predicted molar refractivity (Wildman–Crippen MR) is 112 cm³/mol. The largest absolute Gasteiger partial charge is 0.309 e. The molecule has 0 aliphatic carbocycles. The molecule has 140 valence electrons. The Kier molecular flexibility index (Phi) is 6.15. The molecule has 1 amide bonds. The highest BCUT2D eigenvalue weighted by Gasteiger charge is 2.12. The molecule has 1 atom stereocenters. The molecular formula is C23H22N4O. The van der Waals surface area contributed by atoms with Gasteiger partial charge in [0.15, 0.2) is 0 Å². The minimum Gasteiger partial charge on any atom is -0.309 e. The van der Waals surface area contributed by atoms with Crippen molar-refractivity contribution in [1.82, 2.24) is 15.3 Å². The summed E-state index contributed by atoms with van der Waals surface area (Å²) in [5, 5.41) is 5.77. The number of nitrogens with zero attached hydrogens (tertiary/aromatic N) is 2. The van der Waals surface area contributed by atoms with Gasteiger partial charge in [-0.1, -0.05) is 30.2 Å². The number of carbonyl (C=O) groups excluding carboxylic acids is 1. The summed E-state index contributed by atoms with van der Waals surface area (Å²) in [5.41, 5.74) is 4.26. The fourth-order valence-electron chi connectivity index (χ4n) is 2.49. The maximum absolute atomic E-state index is 12.3. The second-order valence-corrected chi connectivity index (χ2v) is 6.43. The third-order valence-electron chi connectivity index (χ3n) is 4.26. The van der Waals surface area contributed by atoms with Crippen molar-refractivity contribution in [2.75, 3.05) is 12.4 Å². The number of anilines is 1. The van der Waals surface area contributed by atoms with Crippen LogP contribution in [0.5, 0.6) is 0 Å². The van der Waals surface area contributed by atoms with Crippen LogP contribution >= 0.6 is 0 Å². The molecule has 3 rings (SSSR count). The van der Waals surface area contributed by atoms with Crippen molar-refractivity contribution in [1.29, 1.82) is 0 Å². The van der Waals surface area contributed by atoms with E-state index in [-0.39, 0.29) is 11.9 Å². The molecule has 5 heteroatoms. The van der Waals surface area contributed by atoms with Crippen LogP contribution in [0.15, 0.2) is 60.8 Å². The first-order chi connectivity index (χ1) is 13.5. The van der Waals surface area contributed by atoms with E-state index < -0.39 is 0 Å². The second-order valence-electron chi connectivity index (χ2n) is 6.43. The SMILES string of the molecule is CNC(C)C(=O)Nc1cc(-c2ccc(C)nc2)cc(C#Cc2ccccc2)n1. The molecule has 0 aliphatic rings. The van der Waals surface area contributed by atoms with Gasteiger partial charge in [0.05, 0.1) is 6.04 Å². The lowest BCUT2D eigenvalue weighted by atomic mass is 10.1. The van der Waals surface area contributed by atoms with Crippen molar-refractivity contribution in [2.45, 2.75) is 19.9 Å². The van der Waals surface area contributed by atoms with Gasteiger partial charge in [-0.15, -0.1) is 0 Å². The van der Waals surface area contributed by atoms with E-state index >= 15 is 0 Å². The molecule has 0 radical (unpaired) electrons. The summed E-state index contributed by atoms with van der Waals surface area (Å²) < 4.78 is 0. The number of amides is 1. The van der Waals surface area contributed by atoms with Crippen molar-refractivity contribution >= 4 is 11.7 Å². The van der Waals surface area contributed by atoms with Crippen LogP contribution in [-0.2, 0) is 4.79 Å². The second kappa shape index (κ2) is 8.94. The van der Waals surface area contributed by atoms with E-state index in [1.54, 1.807) is 20.2 Å². The van der Waals surface area contributed by atoms with Gasteiger partial charge in [-0.05, 0) is 62.7 Å². The summed E-state index contributed by atoms with van der Waals surface area (Å²) in [7, 11) is 1.74. The Balaban J connectivity index is 1.99. The smallest absolute Gasteiger partial charge is 0.242 e. The number of hydrogen-bond acceptors (Lipinski definition) is 4. The third kappa shape index (κ3) is 5.03. The summed E-state index contributed by atoms with van der Waals surface area (Å²) in [5.74, 6) is 6.51. The van der Waals surface area contributed by atoms with Crippen molar-refractivity contribution < 1.29 is 4.79 Å². The van der Waals surface area contributed by atoms with Gasteiger partial charge in [0.1, 0.15) is 11.5 Å². The van der Waals surface area contributed by atoms with E-state index in [1.807, 2.05) is 61.5 Å². The Morgan fingerprint density at radius 1 is 1.04 bits per heavy atom. The Hall–Kier alpha value is -3.49. The molecule has 0 fully saturated rings. The maximum Gasteiger partial charge on any atom is 0.242 e. The summed E-state index contributed by atoms with van der Waals surface area (Å²) in [6.07, 6.45) is 1.81. The van der Waals surface area contributed by atoms with E-state index in [9.17, 15) is 4.79 Å². The Morgan fingerprint density at radius 2 is 1.82 bits per heavy atom. The number of likely N-dealkylation sites (N-methyl/N-ethyl adjacent to an activating group) is 1. The molecule has 1 unspecified atom stereocenters. The summed E-state index contributed by atoms with van der Waals surface area (Å²) in [6.45, 7) is 3.73. The summed E-state index contributed by atoms with van der Waals surface area (Å²) >= 11 is 0. The van der Waals surface area contributed by atoms with E-state index in [0.717, 1.165) is 22.4 Å². The fourth-order valence-corrected chi connectivity index (χ4v) is 2.49.